The second-order valence-electron chi connectivity index (χ2n) is 5.12. The number of ether oxygens (including phenoxy) is 1. The largest absolute Gasteiger partial charge is 0.492 e. The van der Waals surface area contributed by atoms with Gasteiger partial charge in [-0.2, -0.15) is 0 Å². The molecule has 0 atom stereocenters. The highest BCUT2D eigenvalue weighted by molar-refractivity contribution is 8.13. The fourth-order valence-corrected chi connectivity index (χ4v) is 3.65. The van der Waals surface area contributed by atoms with Gasteiger partial charge in [-0.1, -0.05) is 6.42 Å². The Hall–Kier alpha value is -0.780. The second kappa shape index (κ2) is 6.78. The van der Waals surface area contributed by atoms with Gasteiger partial charge in [0, 0.05) is 17.2 Å². The Kier molecular flexibility index (Phi) is 5.29. The van der Waals surface area contributed by atoms with Gasteiger partial charge in [-0.3, -0.25) is 4.90 Å². The molecule has 1 aliphatic heterocycles. The summed E-state index contributed by atoms with van der Waals surface area (Å²) < 4.78 is 28.3. The molecule has 0 aliphatic carbocycles. The van der Waals surface area contributed by atoms with Crippen LogP contribution in [0.15, 0.2) is 23.1 Å². The lowest BCUT2D eigenvalue weighted by atomic mass is 10.1. The third-order valence-corrected chi connectivity index (χ3v) is 5.02. The summed E-state index contributed by atoms with van der Waals surface area (Å²) in [5.41, 5.74) is 0.607. The maximum atomic E-state index is 11.3. The lowest BCUT2D eigenvalue weighted by Crippen LogP contribution is -2.33. The zero-order valence-corrected chi connectivity index (χ0v) is 13.2. The van der Waals surface area contributed by atoms with Crippen LogP contribution in [-0.2, 0) is 9.05 Å². The van der Waals surface area contributed by atoms with Gasteiger partial charge in [-0.25, -0.2) is 8.42 Å². The lowest BCUT2D eigenvalue weighted by Gasteiger charge is -2.26. The number of hydrogen-bond donors (Lipinski definition) is 0. The van der Waals surface area contributed by atoms with Crippen LogP contribution in [0.2, 0.25) is 0 Å². The topological polar surface area (TPSA) is 46.6 Å². The van der Waals surface area contributed by atoms with Crippen LogP contribution in [0.5, 0.6) is 5.75 Å². The highest BCUT2D eigenvalue weighted by Crippen LogP contribution is 2.23. The van der Waals surface area contributed by atoms with Crippen molar-refractivity contribution in [3.8, 4) is 5.75 Å². The number of aryl methyl sites for hydroxylation is 1. The summed E-state index contributed by atoms with van der Waals surface area (Å²) in [4.78, 5) is 2.54. The van der Waals surface area contributed by atoms with E-state index in [-0.39, 0.29) is 4.90 Å². The highest BCUT2D eigenvalue weighted by atomic mass is 35.7. The van der Waals surface area contributed by atoms with Crippen molar-refractivity contribution in [3.05, 3.63) is 23.8 Å². The van der Waals surface area contributed by atoms with E-state index in [0.717, 1.165) is 19.6 Å². The van der Waals surface area contributed by atoms with E-state index in [1.165, 1.54) is 25.3 Å². The first-order valence-electron chi connectivity index (χ1n) is 6.87. The Bertz CT molecular complexity index is 554. The number of halogens is 1. The van der Waals surface area contributed by atoms with E-state index in [1.54, 1.807) is 19.1 Å². The number of hydrogen-bond acceptors (Lipinski definition) is 4. The standard InChI is InChI=1S/C14H20ClNO3S/c1-12-11-13(5-6-14(12)20(15,17)18)19-10-9-16-7-3-2-4-8-16/h5-6,11H,2-4,7-10H2,1H3. The summed E-state index contributed by atoms with van der Waals surface area (Å²) in [6.45, 7) is 5.53. The Morgan fingerprint density at radius 1 is 1.25 bits per heavy atom. The van der Waals surface area contributed by atoms with Crippen molar-refractivity contribution in [2.24, 2.45) is 0 Å². The minimum atomic E-state index is -3.68. The average molecular weight is 318 g/mol. The van der Waals surface area contributed by atoms with Crippen molar-refractivity contribution in [3.63, 3.8) is 0 Å². The monoisotopic (exact) mass is 317 g/mol. The van der Waals surface area contributed by atoms with Crippen molar-refractivity contribution in [1.29, 1.82) is 0 Å². The molecule has 1 aliphatic rings. The van der Waals surface area contributed by atoms with Crippen LogP contribution in [-0.4, -0.2) is 39.6 Å². The fourth-order valence-electron chi connectivity index (χ4n) is 2.46. The molecule has 1 saturated heterocycles. The molecule has 1 aromatic rings. The molecular formula is C14H20ClNO3S. The number of rotatable bonds is 5. The summed E-state index contributed by atoms with van der Waals surface area (Å²) in [6, 6.07) is 4.86. The molecule has 0 N–H and O–H groups in total. The predicted molar refractivity (Wildman–Crippen MR) is 80.0 cm³/mol. The highest BCUT2D eigenvalue weighted by Gasteiger charge is 2.14. The van der Waals surface area contributed by atoms with E-state index in [9.17, 15) is 8.42 Å². The van der Waals surface area contributed by atoms with E-state index in [0.29, 0.717) is 17.9 Å². The normalized spacial score (nSPS) is 17.1. The van der Waals surface area contributed by atoms with Gasteiger partial charge >= 0.3 is 0 Å². The summed E-state index contributed by atoms with van der Waals surface area (Å²) >= 11 is 0. The second-order valence-corrected chi connectivity index (χ2v) is 7.65. The molecule has 0 saturated carbocycles. The smallest absolute Gasteiger partial charge is 0.261 e. The van der Waals surface area contributed by atoms with Crippen LogP contribution >= 0.6 is 10.7 Å². The molecule has 0 bridgehead atoms. The first-order valence-corrected chi connectivity index (χ1v) is 9.18. The molecule has 20 heavy (non-hydrogen) atoms. The number of benzene rings is 1. The predicted octanol–water partition coefficient (Wildman–Crippen LogP) is 2.79. The minimum absolute atomic E-state index is 0.141. The SMILES string of the molecule is Cc1cc(OCCN2CCCCC2)ccc1S(=O)(=O)Cl. The fraction of sp³-hybridized carbons (Fsp3) is 0.571. The van der Waals surface area contributed by atoms with Gasteiger partial charge in [-0.05, 0) is 56.6 Å². The third kappa shape index (κ3) is 4.36. The quantitative estimate of drug-likeness (QED) is 0.783. The van der Waals surface area contributed by atoms with Gasteiger partial charge in [0.1, 0.15) is 12.4 Å². The molecule has 0 radical (unpaired) electrons. The molecule has 0 unspecified atom stereocenters. The van der Waals surface area contributed by atoms with Crippen LogP contribution in [0, 0.1) is 6.92 Å². The van der Waals surface area contributed by atoms with E-state index >= 15 is 0 Å². The molecule has 4 nitrogen and oxygen atoms in total. The van der Waals surface area contributed by atoms with Gasteiger partial charge < -0.3 is 4.74 Å². The molecule has 112 valence electrons. The van der Waals surface area contributed by atoms with Crippen LogP contribution < -0.4 is 4.74 Å². The van der Waals surface area contributed by atoms with Gasteiger partial charge in [0.15, 0.2) is 0 Å². The first-order chi connectivity index (χ1) is 9.47. The van der Waals surface area contributed by atoms with Crippen LogP contribution in [0.1, 0.15) is 24.8 Å². The summed E-state index contributed by atoms with van der Waals surface area (Å²) in [5, 5.41) is 0. The van der Waals surface area contributed by atoms with Crippen molar-refractivity contribution in [2.45, 2.75) is 31.1 Å². The van der Waals surface area contributed by atoms with Crippen LogP contribution in [0.3, 0.4) is 0 Å². The molecule has 0 aromatic heterocycles. The number of likely N-dealkylation sites (tertiary alicyclic amines) is 1. The van der Waals surface area contributed by atoms with Crippen molar-refractivity contribution < 1.29 is 13.2 Å². The van der Waals surface area contributed by atoms with E-state index in [2.05, 4.69) is 4.90 Å². The molecule has 0 amide bonds. The lowest BCUT2D eigenvalue weighted by molar-refractivity contribution is 0.183. The van der Waals surface area contributed by atoms with Gasteiger partial charge in [0.2, 0.25) is 0 Å². The average Bonchev–Trinajstić information content (AvgIpc) is 2.38. The molecule has 6 heteroatoms. The summed E-state index contributed by atoms with van der Waals surface area (Å²) in [5.74, 6) is 0.684. The number of piperidine rings is 1. The summed E-state index contributed by atoms with van der Waals surface area (Å²) in [6.07, 6.45) is 3.85. The molecule has 2 rings (SSSR count). The minimum Gasteiger partial charge on any atom is -0.492 e. The first kappa shape index (κ1) is 15.6. The van der Waals surface area contributed by atoms with Gasteiger partial charge in [-0.15, -0.1) is 0 Å². The Balaban J connectivity index is 1.89. The Morgan fingerprint density at radius 2 is 1.95 bits per heavy atom. The zero-order valence-electron chi connectivity index (χ0n) is 11.6. The van der Waals surface area contributed by atoms with Gasteiger partial charge in [0.05, 0.1) is 4.90 Å². The zero-order chi connectivity index (χ0) is 14.6. The van der Waals surface area contributed by atoms with E-state index in [1.807, 2.05) is 0 Å². The van der Waals surface area contributed by atoms with Gasteiger partial charge in [0.25, 0.3) is 9.05 Å². The molecular weight excluding hydrogens is 298 g/mol. The maximum Gasteiger partial charge on any atom is 0.261 e. The molecule has 0 spiro atoms. The number of nitrogens with zero attached hydrogens (tertiary/aromatic N) is 1. The maximum absolute atomic E-state index is 11.3. The van der Waals surface area contributed by atoms with Crippen LogP contribution in [0.25, 0.3) is 0 Å². The third-order valence-electron chi connectivity index (χ3n) is 3.53. The molecule has 1 heterocycles. The van der Waals surface area contributed by atoms with Crippen molar-refractivity contribution in [1.82, 2.24) is 4.90 Å². The van der Waals surface area contributed by atoms with E-state index < -0.39 is 9.05 Å². The van der Waals surface area contributed by atoms with Crippen molar-refractivity contribution in [2.75, 3.05) is 26.2 Å². The Morgan fingerprint density at radius 3 is 2.55 bits per heavy atom. The van der Waals surface area contributed by atoms with E-state index in [4.69, 9.17) is 15.4 Å². The summed E-state index contributed by atoms with van der Waals surface area (Å²) in [7, 11) is 1.67. The molecule has 1 aromatic carbocycles. The van der Waals surface area contributed by atoms with Crippen molar-refractivity contribution >= 4 is 19.7 Å². The molecule has 1 fully saturated rings. The Labute approximate surface area is 125 Å². The van der Waals surface area contributed by atoms with Crippen LogP contribution in [0.4, 0.5) is 0 Å².